The Labute approximate surface area is 159 Å². The normalized spacial score (nSPS) is 12.0. The molecule has 4 N–H and O–H groups in total. The van der Waals surface area contributed by atoms with Crippen molar-refractivity contribution in [2.24, 2.45) is 0 Å². The molecule has 0 saturated heterocycles. The molecule has 0 unspecified atom stereocenters. The number of urea groups is 1. The van der Waals surface area contributed by atoms with Crippen LogP contribution in [-0.2, 0) is 11.2 Å². The monoisotopic (exact) mass is 374 g/mol. The summed E-state index contributed by atoms with van der Waals surface area (Å²) in [5, 5.41) is 9.04. The summed E-state index contributed by atoms with van der Waals surface area (Å²) in [6, 6.07) is 12.3. The van der Waals surface area contributed by atoms with Crippen molar-refractivity contribution >= 4 is 23.3 Å². The number of rotatable bonds is 8. The van der Waals surface area contributed by atoms with Gasteiger partial charge in [-0.05, 0) is 37.3 Å². The minimum absolute atomic E-state index is 0.00715. The third-order valence-electron chi connectivity index (χ3n) is 3.94. The topological polar surface area (TPSA) is 74.8 Å². The number of carbonyl (C=O) groups is 2. The summed E-state index contributed by atoms with van der Waals surface area (Å²) in [6.45, 7) is 6.06. The molecule has 1 aromatic heterocycles. The van der Waals surface area contributed by atoms with Gasteiger partial charge in [0.05, 0.1) is 4.88 Å². The number of nitrogens with two attached hydrogens (primary N) is 1. The number of aryl methyl sites for hydroxylation is 1. The van der Waals surface area contributed by atoms with E-state index in [2.05, 4.69) is 47.9 Å². The highest BCUT2D eigenvalue weighted by Gasteiger charge is 2.20. The van der Waals surface area contributed by atoms with E-state index >= 15 is 0 Å². The van der Waals surface area contributed by atoms with Gasteiger partial charge in [-0.2, -0.15) is 0 Å². The van der Waals surface area contributed by atoms with E-state index < -0.39 is 6.03 Å². The third-order valence-corrected chi connectivity index (χ3v) is 4.89. The molecule has 1 heterocycles. The van der Waals surface area contributed by atoms with Crippen LogP contribution in [0.2, 0.25) is 0 Å². The molecule has 0 saturated carbocycles. The third kappa shape index (κ3) is 6.28. The van der Waals surface area contributed by atoms with Crippen LogP contribution in [0, 0.1) is 0 Å². The minimum atomic E-state index is -0.449. The number of thiophene rings is 1. The van der Waals surface area contributed by atoms with Gasteiger partial charge >= 0.3 is 6.03 Å². The second-order valence-electron chi connectivity index (χ2n) is 6.60. The lowest BCUT2D eigenvalue weighted by atomic mass is 10.0. The largest absolute Gasteiger partial charge is 0.336 e. The molecule has 0 spiro atoms. The Balaban J connectivity index is 2.02. The maximum absolute atomic E-state index is 12.1. The lowest BCUT2D eigenvalue weighted by Crippen LogP contribution is -2.87. The van der Waals surface area contributed by atoms with Crippen LogP contribution in [0.5, 0.6) is 0 Å². The Kier molecular flexibility index (Phi) is 7.81. The standard InChI is InChI=1S/C20H27N3O2S/c1-4-6-15-8-10-16(11-9-15)19(17-7-5-12-26-17)21-13-18(24)23-20(25)22-14(2)3/h5,7-12,14,19,21H,4,6,13H2,1-3H3,(H2,22,23,24,25)/p+1/t19-/m1/s1. The Bertz CT molecular complexity index is 696. The first-order valence-electron chi connectivity index (χ1n) is 9.05. The van der Waals surface area contributed by atoms with Gasteiger partial charge in [-0.15, -0.1) is 11.3 Å². The first-order valence-corrected chi connectivity index (χ1v) is 9.93. The molecule has 2 rings (SSSR count). The van der Waals surface area contributed by atoms with E-state index in [1.807, 2.05) is 30.6 Å². The fourth-order valence-electron chi connectivity index (χ4n) is 2.77. The van der Waals surface area contributed by atoms with Gasteiger partial charge in [-0.1, -0.05) is 43.7 Å². The summed E-state index contributed by atoms with van der Waals surface area (Å²) in [6.07, 6.45) is 2.19. The van der Waals surface area contributed by atoms with E-state index in [0.717, 1.165) is 18.4 Å². The van der Waals surface area contributed by atoms with Crippen molar-refractivity contribution < 1.29 is 14.9 Å². The first-order chi connectivity index (χ1) is 12.5. The number of quaternary nitrogens is 1. The highest BCUT2D eigenvalue weighted by Crippen LogP contribution is 2.23. The van der Waals surface area contributed by atoms with Crippen molar-refractivity contribution in [1.82, 2.24) is 10.6 Å². The van der Waals surface area contributed by atoms with Gasteiger partial charge in [-0.25, -0.2) is 4.79 Å². The molecule has 140 valence electrons. The summed E-state index contributed by atoms with van der Waals surface area (Å²) in [5.74, 6) is -0.299. The van der Waals surface area contributed by atoms with Gasteiger partial charge < -0.3 is 10.6 Å². The molecule has 0 aliphatic carbocycles. The summed E-state index contributed by atoms with van der Waals surface area (Å²) in [7, 11) is 0. The molecule has 6 heteroatoms. The maximum Gasteiger partial charge on any atom is 0.321 e. The number of amides is 3. The Morgan fingerprint density at radius 2 is 1.88 bits per heavy atom. The lowest BCUT2D eigenvalue weighted by molar-refractivity contribution is -0.676. The van der Waals surface area contributed by atoms with Gasteiger partial charge in [0.25, 0.3) is 5.91 Å². The van der Waals surface area contributed by atoms with Crippen molar-refractivity contribution in [3.63, 3.8) is 0 Å². The molecule has 0 radical (unpaired) electrons. The van der Waals surface area contributed by atoms with Crippen molar-refractivity contribution in [3.8, 4) is 0 Å². The zero-order valence-electron chi connectivity index (χ0n) is 15.6. The molecule has 0 aliphatic rings. The second kappa shape index (κ2) is 10.1. The number of hydrogen-bond acceptors (Lipinski definition) is 3. The molecular weight excluding hydrogens is 346 g/mol. The van der Waals surface area contributed by atoms with Crippen molar-refractivity contribution in [1.29, 1.82) is 0 Å². The Morgan fingerprint density at radius 3 is 2.46 bits per heavy atom. The molecule has 0 bridgehead atoms. The zero-order chi connectivity index (χ0) is 18.9. The smallest absolute Gasteiger partial charge is 0.321 e. The maximum atomic E-state index is 12.1. The van der Waals surface area contributed by atoms with Gasteiger partial charge in [0.15, 0.2) is 6.54 Å². The van der Waals surface area contributed by atoms with Gasteiger partial charge in [-0.3, -0.25) is 10.1 Å². The van der Waals surface area contributed by atoms with Gasteiger partial charge in [0.1, 0.15) is 6.04 Å². The van der Waals surface area contributed by atoms with Gasteiger partial charge in [0, 0.05) is 11.6 Å². The fraction of sp³-hybridized carbons (Fsp3) is 0.400. The molecule has 2 aromatic rings. The molecule has 5 nitrogen and oxygen atoms in total. The number of nitrogens with one attached hydrogen (secondary N) is 2. The molecular formula is C20H28N3O2S+. The number of hydrogen-bond donors (Lipinski definition) is 3. The van der Waals surface area contributed by atoms with E-state index in [-0.39, 0.29) is 24.5 Å². The van der Waals surface area contributed by atoms with Crippen LogP contribution in [0.3, 0.4) is 0 Å². The average molecular weight is 375 g/mol. The fourth-order valence-corrected chi connectivity index (χ4v) is 3.62. The van der Waals surface area contributed by atoms with E-state index in [9.17, 15) is 9.59 Å². The predicted octanol–water partition coefficient (Wildman–Crippen LogP) is 2.59. The summed E-state index contributed by atoms with van der Waals surface area (Å²) in [4.78, 5) is 24.9. The SMILES string of the molecule is CCCc1ccc([C@@H]([NH2+]CC(=O)NC(=O)NC(C)C)c2cccs2)cc1. The van der Waals surface area contributed by atoms with Crippen LogP contribution in [0.1, 0.15) is 49.2 Å². The summed E-state index contributed by atoms with van der Waals surface area (Å²) < 4.78 is 0. The molecule has 0 fully saturated rings. The number of benzene rings is 1. The molecule has 1 atom stereocenters. The van der Waals surface area contributed by atoms with Crippen molar-refractivity contribution in [2.75, 3.05) is 6.54 Å². The van der Waals surface area contributed by atoms with E-state index in [0.29, 0.717) is 0 Å². The summed E-state index contributed by atoms with van der Waals surface area (Å²) >= 11 is 1.67. The number of carbonyl (C=O) groups excluding carboxylic acids is 2. The van der Waals surface area contributed by atoms with Crippen molar-refractivity contribution in [2.45, 2.75) is 45.7 Å². The summed E-state index contributed by atoms with van der Waals surface area (Å²) in [5.41, 5.74) is 2.48. The van der Waals surface area contributed by atoms with E-state index in [1.165, 1.54) is 10.4 Å². The van der Waals surface area contributed by atoms with Crippen LogP contribution >= 0.6 is 11.3 Å². The molecule has 26 heavy (non-hydrogen) atoms. The highest BCUT2D eigenvalue weighted by molar-refractivity contribution is 7.10. The highest BCUT2D eigenvalue weighted by atomic mass is 32.1. The Hall–Kier alpha value is -2.18. The predicted molar refractivity (Wildman–Crippen MR) is 105 cm³/mol. The van der Waals surface area contributed by atoms with Crippen LogP contribution in [-0.4, -0.2) is 24.5 Å². The van der Waals surface area contributed by atoms with E-state index in [4.69, 9.17) is 0 Å². The average Bonchev–Trinajstić information content (AvgIpc) is 3.10. The molecule has 3 amide bonds. The van der Waals surface area contributed by atoms with Crippen LogP contribution in [0.15, 0.2) is 41.8 Å². The minimum Gasteiger partial charge on any atom is -0.336 e. The number of imide groups is 1. The van der Waals surface area contributed by atoms with Crippen LogP contribution in [0.4, 0.5) is 4.79 Å². The van der Waals surface area contributed by atoms with E-state index in [1.54, 1.807) is 11.3 Å². The van der Waals surface area contributed by atoms with Gasteiger partial charge in [0.2, 0.25) is 0 Å². The molecule has 1 aromatic carbocycles. The molecule has 0 aliphatic heterocycles. The zero-order valence-corrected chi connectivity index (χ0v) is 16.4. The second-order valence-corrected chi connectivity index (χ2v) is 7.58. The van der Waals surface area contributed by atoms with Crippen LogP contribution in [0.25, 0.3) is 0 Å². The van der Waals surface area contributed by atoms with Crippen LogP contribution < -0.4 is 16.0 Å². The Morgan fingerprint density at radius 1 is 1.15 bits per heavy atom. The first kappa shape index (κ1) is 20.1. The lowest BCUT2D eigenvalue weighted by Gasteiger charge is -2.15. The quantitative estimate of drug-likeness (QED) is 0.664. The van der Waals surface area contributed by atoms with Crippen molar-refractivity contribution in [3.05, 3.63) is 57.8 Å².